The molecule has 0 spiro atoms. The number of anilines is 1. The third kappa shape index (κ3) is 4.58. The van der Waals surface area contributed by atoms with E-state index in [2.05, 4.69) is 27.4 Å². The summed E-state index contributed by atoms with van der Waals surface area (Å²) in [6.07, 6.45) is 1.22. The number of para-hydroxylation sites is 1. The standard InChI is InChI=1S/C16H16N4O/c1-2-16(21)18-12-17-14-10-6-7-11-15(14)20-19-13-8-4-3-5-9-13/h2-11,17H,1,12H2,(H,18,21). The first-order chi connectivity index (χ1) is 10.3. The molecule has 0 radical (unpaired) electrons. The molecule has 2 aromatic rings. The largest absolute Gasteiger partial charge is 0.366 e. The van der Waals surface area contributed by atoms with Crippen LogP contribution in [0.2, 0.25) is 0 Å². The van der Waals surface area contributed by atoms with Crippen LogP contribution >= 0.6 is 0 Å². The van der Waals surface area contributed by atoms with Gasteiger partial charge >= 0.3 is 0 Å². The molecule has 0 unspecified atom stereocenters. The molecule has 0 saturated heterocycles. The number of azo groups is 1. The maximum absolute atomic E-state index is 11.1. The monoisotopic (exact) mass is 280 g/mol. The van der Waals surface area contributed by atoms with Gasteiger partial charge in [-0.15, -0.1) is 5.11 Å². The molecule has 0 aromatic heterocycles. The van der Waals surface area contributed by atoms with Crippen LogP contribution in [0.15, 0.2) is 77.5 Å². The Morgan fingerprint density at radius 2 is 1.76 bits per heavy atom. The van der Waals surface area contributed by atoms with Crippen LogP contribution in [0, 0.1) is 0 Å². The van der Waals surface area contributed by atoms with Crippen molar-refractivity contribution in [1.29, 1.82) is 0 Å². The van der Waals surface area contributed by atoms with Crippen molar-refractivity contribution in [3.63, 3.8) is 0 Å². The summed E-state index contributed by atoms with van der Waals surface area (Å²) in [5, 5.41) is 14.1. The molecular weight excluding hydrogens is 264 g/mol. The summed E-state index contributed by atoms with van der Waals surface area (Å²) >= 11 is 0. The number of carbonyl (C=O) groups excluding carboxylic acids is 1. The van der Waals surface area contributed by atoms with Gasteiger partial charge in [0.25, 0.3) is 0 Å². The average molecular weight is 280 g/mol. The van der Waals surface area contributed by atoms with Crippen LogP contribution in [0.1, 0.15) is 0 Å². The maximum Gasteiger partial charge on any atom is 0.244 e. The maximum atomic E-state index is 11.1. The number of carbonyl (C=O) groups is 1. The van der Waals surface area contributed by atoms with Gasteiger partial charge in [-0.3, -0.25) is 4.79 Å². The molecule has 0 heterocycles. The number of hydrogen-bond donors (Lipinski definition) is 2. The van der Waals surface area contributed by atoms with Gasteiger partial charge in [-0.2, -0.15) is 5.11 Å². The lowest BCUT2D eigenvalue weighted by atomic mass is 10.3. The second-order valence-corrected chi connectivity index (χ2v) is 4.15. The van der Waals surface area contributed by atoms with Gasteiger partial charge in [0.1, 0.15) is 5.69 Å². The number of nitrogens with zero attached hydrogens (tertiary/aromatic N) is 2. The average Bonchev–Trinajstić information content (AvgIpc) is 2.54. The number of nitrogens with one attached hydrogen (secondary N) is 2. The van der Waals surface area contributed by atoms with E-state index in [1.54, 1.807) is 0 Å². The number of rotatable bonds is 6. The van der Waals surface area contributed by atoms with Crippen molar-refractivity contribution >= 4 is 23.0 Å². The minimum absolute atomic E-state index is 0.231. The van der Waals surface area contributed by atoms with Gasteiger partial charge in [0.15, 0.2) is 0 Å². The predicted molar refractivity (Wildman–Crippen MR) is 83.9 cm³/mol. The topological polar surface area (TPSA) is 65.8 Å². The van der Waals surface area contributed by atoms with Crippen LogP contribution < -0.4 is 10.6 Å². The first-order valence-electron chi connectivity index (χ1n) is 6.49. The van der Waals surface area contributed by atoms with Crippen molar-refractivity contribution < 1.29 is 4.79 Å². The summed E-state index contributed by atoms with van der Waals surface area (Å²) in [6.45, 7) is 3.69. The zero-order valence-corrected chi connectivity index (χ0v) is 11.5. The predicted octanol–water partition coefficient (Wildman–Crippen LogP) is 3.77. The van der Waals surface area contributed by atoms with Gasteiger partial charge in [0.05, 0.1) is 18.0 Å². The van der Waals surface area contributed by atoms with E-state index in [0.717, 1.165) is 11.4 Å². The molecule has 5 heteroatoms. The second kappa shape index (κ2) is 7.59. The minimum atomic E-state index is -0.231. The van der Waals surface area contributed by atoms with Crippen LogP contribution in [-0.4, -0.2) is 12.6 Å². The molecule has 0 fully saturated rings. The Balaban J connectivity index is 2.04. The highest BCUT2D eigenvalue weighted by Crippen LogP contribution is 2.26. The molecule has 1 amide bonds. The molecule has 2 aromatic carbocycles. The summed E-state index contributed by atoms with van der Waals surface area (Å²) in [5.41, 5.74) is 2.28. The molecule has 0 atom stereocenters. The summed E-state index contributed by atoms with van der Waals surface area (Å²) in [5.74, 6) is -0.231. The Morgan fingerprint density at radius 1 is 1.05 bits per heavy atom. The van der Waals surface area contributed by atoms with E-state index in [9.17, 15) is 4.79 Å². The van der Waals surface area contributed by atoms with Crippen molar-refractivity contribution in [2.75, 3.05) is 12.0 Å². The summed E-state index contributed by atoms with van der Waals surface area (Å²) in [7, 11) is 0. The molecule has 0 saturated carbocycles. The third-order valence-corrected chi connectivity index (χ3v) is 2.66. The summed E-state index contributed by atoms with van der Waals surface area (Å²) < 4.78 is 0. The van der Waals surface area contributed by atoms with Gasteiger partial charge in [0.2, 0.25) is 5.91 Å². The van der Waals surface area contributed by atoms with Crippen LogP contribution in [0.4, 0.5) is 17.1 Å². The number of amides is 1. The fourth-order valence-corrected chi connectivity index (χ4v) is 1.62. The van der Waals surface area contributed by atoms with E-state index in [-0.39, 0.29) is 5.91 Å². The lowest BCUT2D eigenvalue weighted by Crippen LogP contribution is -2.27. The Bertz CT molecular complexity index is 638. The highest BCUT2D eigenvalue weighted by Gasteiger charge is 2.00. The number of benzene rings is 2. The first-order valence-corrected chi connectivity index (χ1v) is 6.49. The molecule has 5 nitrogen and oxygen atoms in total. The highest BCUT2D eigenvalue weighted by atomic mass is 16.1. The van der Waals surface area contributed by atoms with E-state index >= 15 is 0 Å². The van der Waals surface area contributed by atoms with E-state index in [4.69, 9.17) is 0 Å². The quantitative estimate of drug-likeness (QED) is 0.480. The van der Waals surface area contributed by atoms with Crippen molar-refractivity contribution in [2.45, 2.75) is 0 Å². The van der Waals surface area contributed by atoms with Crippen molar-refractivity contribution in [2.24, 2.45) is 10.2 Å². The zero-order chi connectivity index (χ0) is 14.9. The van der Waals surface area contributed by atoms with Crippen LogP contribution in [0.3, 0.4) is 0 Å². The summed E-state index contributed by atoms with van der Waals surface area (Å²) in [6, 6.07) is 17.0. The highest BCUT2D eigenvalue weighted by molar-refractivity contribution is 5.87. The fourth-order valence-electron chi connectivity index (χ4n) is 1.62. The van der Waals surface area contributed by atoms with Gasteiger partial charge in [-0.1, -0.05) is 36.9 Å². The molecular formula is C16H16N4O. The van der Waals surface area contributed by atoms with Gasteiger partial charge in [0, 0.05) is 0 Å². The summed E-state index contributed by atoms with van der Waals surface area (Å²) in [4.78, 5) is 11.1. The Labute approximate surface area is 123 Å². The minimum Gasteiger partial charge on any atom is -0.366 e. The lowest BCUT2D eigenvalue weighted by Gasteiger charge is -2.08. The Kier molecular flexibility index (Phi) is 5.23. The normalized spacial score (nSPS) is 10.3. The second-order valence-electron chi connectivity index (χ2n) is 4.15. The zero-order valence-electron chi connectivity index (χ0n) is 11.5. The fraction of sp³-hybridized carbons (Fsp3) is 0.0625. The molecule has 0 aliphatic carbocycles. The molecule has 2 rings (SSSR count). The number of hydrogen-bond acceptors (Lipinski definition) is 4. The molecule has 0 aliphatic heterocycles. The molecule has 21 heavy (non-hydrogen) atoms. The molecule has 2 N–H and O–H groups in total. The van der Waals surface area contributed by atoms with E-state index in [0.29, 0.717) is 12.4 Å². The first kappa shape index (κ1) is 14.5. The Hall–Kier alpha value is -2.95. The Morgan fingerprint density at radius 3 is 2.52 bits per heavy atom. The van der Waals surface area contributed by atoms with Crippen molar-refractivity contribution in [3.8, 4) is 0 Å². The molecule has 106 valence electrons. The van der Waals surface area contributed by atoms with E-state index in [1.165, 1.54) is 6.08 Å². The van der Waals surface area contributed by atoms with Crippen molar-refractivity contribution in [3.05, 3.63) is 67.3 Å². The smallest absolute Gasteiger partial charge is 0.244 e. The third-order valence-electron chi connectivity index (χ3n) is 2.66. The SMILES string of the molecule is C=CC(=O)NCNc1ccccc1N=Nc1ccccc1. The van der Waals surface area contributed by atoms with Gasteiger partial charge in [-0.25, -0.2) is 0 Å². The van der Waals surface area contributed by atoms with E-state index < -0.39 is 0 Å². The lowest BCUT2D eigenvalue weighted by molar-refractivity contribution is -0.116. The molecule has 0 bridgehead atoms. The van der Waals surface area contributed by atoms with Gasteiger partial charge < -0.3 is 10.6 Å². The van der Waals surface area contributed by atoms with Gasteiger partial charge in [-0.05, 0) is 30.3 Å². The van der Waals surface area contributed by atoms with Crippen molar-refractivity contribution in [1.82, 2.24) is 5.32 Å². The van der Waals surface area contributed by atoms with Crippen LogP contribution in [-0.2, 0) is 4.79 Å². The van der Waals surface area contributed by atoms with Crippen LogP contribution in [0.5, 0.6) is 0 Å². The van der Waals surface area contributed by atoms with E-state index in [1.807, 2.05) is 54.6 Å². The van der Waals surface area contributed by atoms with Crippen LogP contribution in [0.25, 0.3) is 0 Å². The molecule has 0 aliphatic rings.